The minimum absolute atomic E-state index is 0.145. The highest BCUT2D eigenvalue weighted by atomic mass is 32.2. The Morgan fingerprint density at radius 2 is 2.26 bits per heavy atom. The number of amides is 2. The van der Waals surface area contributed by atoms with Crippen molar-refractivity contribution in [1.29, 1.82) is 0 Å². The summed E-state index contributed by atoms with van der Waals surface area (Å²) in [5.74, 6) is 0.00655. The van der Waals surface area contributed by atoms with E-state index in [4.69, 9.17) is 9.84 Å². The first-order valence-corrected chi connectivity index (χ1v) is 7.81. The molecule has 1 aliphatic heterocycles. The summed E-state index contributed by atoms with van der Waals surface area (Å²) in [5, 5.41) is 14.2. The molecule has 0 saturated carbocycles. The normalized spacial score (nSPS) is 23.9. The smallest absolute Gasteiger partial charge is 0.326 e. The van der Waals surface area contributed by atoms with Crippen LogP contribution in [0.15, 0.2) is 0 Å². The second-order valence-electron chi connectivity index (χ2n) is 4.65. The number of aliphatic carboxylic acids is 1. The monoisotopic (exact) mass is 290 g/mol. The third kappa shape index (κ3) is 5.69. The van der Waals surface area contributed by atoms with Crippen molar-refractivity contribution in [3.63, 3.8) is 0 Å². The van der Waals surface area contributed by atoms with Crippen LogP contribution in [0.25, 0.3) is 0 Å². The Labute approximate surface area is 117 Å². The van der Waals surface area contributed by atoms with Gasteiger partial charge in [0.1, 0.15) is 6.04 Å². The topological polar surface area (TPSA) is 87.7 Å². The number of ether oxygens (including phenoxy) is 1. The van der Waals surface area contributed by atoms with E-state index in [9.17, 15) is 9.59 Å². The number of urea groups is 1. The van der Waals surface area contributed by atoms with Gasteiger partial charge in [0, 0.05) is 19.1 Å². The zero-order valence-corrected chi connectivity index (χ0v) is 12.2. The van der Waals surface area contributed by atoms with Crippen LogP contribution in [-0.2, 0) is 9.53 Å². The fraction of sp³-hybridized carbons (Fsp3) is 0.833. The van der Waals surface area contributed by atoms with Gasteiger partial charge in [-0.3, -0.25) is 0 Å². The Balaban J connectivity index is 2.29. The molecule has 6 nitrogen and oxygen atoms in total. The van der Waals surface area contributed by atoms with Gasteiger partial charge < -0.3 is 20.5 Å². The van der Waals surface area contributed by atoms with Crippen molar-refractivity contribution in [1.82, 2.24) is 10.6 Å². The van der Waals surface area contributed by atoms with E-state index >= 15 is 0 Å². The van der Waals surface area contributed by atoms with E-state index in [1.807, 2.05) is 13.2 Å². The Hall–Kier alpha value is -0.950. The molecule has 0 aromatic carbocycles. The quantitative estimate of drug-likeness (QED) is 0.649. The Morgan fingerprint density at radius 3 is 2.79 bits per heavy atom. The molecule has 0 radical (unpaired) electrons. The van der Waals surface area contributed by atoms with Crippen molar-refractivity contribution in [2.45, 2.75) is 31.9 Å². The predicted molar refractivity (Wildman–Crippen MR) is 74.5 cm³/mol. The van der Waals surface area contributed by atoms with Gasteiger partial charge in [0.2, 0.25) is 0 Å². The molecular weight excluding hydrogens is 268 g/mol. The lowest BCUT2D eigenvalue weighted by molar-refractivity contribution is -0.139. The molecule has 1 fully saturated rings. The molecule has 1 saturated heterocycles. The molecule has 3 atom stereocenters. The van der Waals surface area contributed by atoms with Crippen molar-refractivity contribution < 1.29 is 19.4 Å². The van der Waals surface area contributed by atoms with Crippen LogP contribution in [0.4, 0.5) is 4.79 Å². The SMILES string of the molecule is CSCC[C@@H](NC(=O)NCC1CCOC1C)C(=O)O. The second kappa shape index (κ2) is 8.27. The van der Waals surface area contributed by atoms with Crippen LogP contribution in [-0.4, -0.2) is 54.4 Å². The number of carbonyl (C=O) groups is 2. The molecule has 2 unspecified atom stereocenters. The molecular formula is C12H22N2O4S. The van der Waals surface area contributed by atoms with Gasteiger partial charge in [-0.1, -0.05) is 0 Å². The summed E-state index contributed by atoms with van der Waals surface area (Å²) in [6.45, 7) is 3.22. The van der Waals surface area contributed by atoms with Gasteiger partial charge >= 0.3 is 12.0 Å². The molecule has 0 spiro atoms. The maximum Gasteiger partial charge on any atom is 0.326 e. The van der Waals surface area contributed by atoms with E-state index in [0.29, 0.717) is 24.6 Å². The molecule has 7 heteroatoms. The molecule has 0 aliphatic carbocycles. The lowest BCUT2D eigenvalue weighted by Gasteiger charge is -2.17. The fourth-order valence-corrected chi connectivity index (χ4v) is 2.44. The lowest BCUT2D eigenvalue weighted by atomic mass is 10.0. The highest BCUT2D eigenvalue weighted by Gasteiger charge is 2.25. The largest absolute Gasteiger partial charge is 0.480 e. The first-order valence-electron chi connectivity index (χ1n) is 6.42. The molecule has 0 aromatic heterocycles. The molecule has 1 aliphatic rings. The van der Waals surface area contributed by atoms with Crippen LogP contribution < -0.4 is 10.6 Å². The molecule has 3 N–H and O–H groups in total. The van der Waals surface area contributed by atoms with E-state index in [1.165, 1.54) is 0 Å². The number of hydrogen-bond donors (Lipinski definition) is 3. The minimum atomic E-state index is -0.998. The number of hydrogen-bond acceptors (Lipinski definition) is 4. The van der Waals surface area contributed by atoms with Gasteiger partial charge in [0.15, 0.2) is 0 Å². The van der Waals surface area contributed by atoms with Gasteiger partial charge in [-0.25, -0.2) is 9.59 Å². The van der Waals surface area contributed by atoms with Crippen molar-refractivity contribution in [2.75, 3.05) is 25.2 Å². The Kier molecular flexibility index (Phi) is 7.01. The number of rotatable bonds is 7. The van der Waals surface area contributed by atoms with Gasteiger partial charge in [-0.05, 0) is 31.8 Å². The summed E-state index contributed by atoms with van der Waals surface area (Å²) in [6, 6.07) is -1.25. The maximum atomic E-state index is 11.7. The summed E-state index contributed by atoms with van der Waals surface area (Å²) < 4.78 is 5.40. The van der Waals surface area contributed by atoms with Crippen LogP contribution in [0, 0.1) is 5.92 Å². The van der Waals surface area contributed by atoms with Crippen molar-refractivity contribution in [2.24, 2.45) is 5.92 Å². The molecule has 2 amide bonds. The number of carboxylic acids is 1. The van der Waals surface area contributed by atoms with Crippen molar-refractivity contribution >= 4 is 23.8 Å². The van der Waals surface area contributed by atoms with Crippen LogP contribution in [0.1, 0.15) is 19.8 Å². The first kappa shape index (κ1) is 16.1. The van der Waals surface area contributed by atoms with Crippen molar-refractivity contribution in [3.8, 4) is 0 Å². The van der Waals surface area contributed by atoms with Gasteiger partial charge in [0.25, 0.3) is 0 Å². The number of carboxylic acid groups (broad SMARTS) is 1. The lowest BCUT2D eigenvalue weighted by Crippen LogP contribution is -2.47. The second-order valence-corrected chi connectivity index (χ2v) is 5.64. The third-order valence-corrected chi connectivity index (χ3v) is 3.92. The minimum Gasteiger partial charge on any atom is -0.480 e. The first-order chi connectivity index (χ1) is 9.04. The Bertz CT molecular complexity index is 314. The number of nitrogens with one attached hydrogen (secondary N) is 2. The highest BCUT2D eigenvalue weighted by molar-refractivity contribution is 7.98. The summed E-state index contributed by atoms with van der Waals surface area (Å²) in [5.41, 5.74) is 0. The molecule has 0 bridgehead atoms. The molecule has 110 valence electrons. The van der Waals surface area contributed by atoms with E-state index in [1.54, 1.807) is 11.8 Å². The highest BCUT2D eigenvalue weighted by Crippen LogP contribution is 2.19. The zero-order valence-electron chi connectivity index (χ0n) is 11.3. The van der Waals surface area contributed by atoms with Crippen LogP contribution in [0.3, 0.4) is 0 Å². The average Bonchev–Trinajstić information content (AvgIpc) is 2.77. The van der Waals surface area contributed by atoms with E-state index in [2.05, 4.69) is 10.6 Å². The number of carbonyl (C=O) groups excluding carboxylic acids is 1. The van der Waals surface area contributed by atoms with Crippen LogP contribution >= 0.6 is 11.8 Å². The zero-order chi connectivity index (χ0) is 14.3. The maximum absolute atomic E-state index is 11.7. The van der Waals surface area contributed by atoms with E-state index < -0.39 is 18.0 Å². The average molecular weight is 290 g/mol. The molecule has 1 heterocycles. The molecule has 1 rings (SSSR count). The van der Waals surface area contributed by atoms with Crippen LogP contribution in [0.2, 0.25) is 0 Å². The van der Waals surface area contributed by atoms with E-state index in [-0.39, 0.29) is 6.10 Å². The number of thioether (sulfide) groups is 1. The standard InChI is InChI=1S/C12H22N2O4S/c1-8-9(3-5-18-8)7-13-12(17)14-10(11(15)16)4-6-19-2/h8-10H,3-7H2,1-2H3,(H,15,16)(H2,13,14,17)/t8?,9?,10-/m1/s1. The Morgan fingerprint density at radius 1 is 1.53 bits per heavy atom. The molecule has 0 aromatic rings. The fourth-order valence-electron chi connectivity index (χ4n) is 1.97. The summed E-state index contributed by atoms with van der Waals surface area (Å²) in [4.78, 5) is 22.6. The summed E-state index contributed by atoms with van der Waals surface area (Å²) in [6.07, 6.45) is 3.40. The van der Waals surface area contributed by atoms with Crippen LogP contribution in [0.5, 0.6) is 0 Å². The molecule has 19 heavy (non-hydrogen) atoms. The van der Waals surface area contributed by atoms with E-state index in [0.717, 1.165) is 13.0 Å². The van der Waals surface area contributed by atoms with Crippen molar-refractivity contribution in [3.05, 3.63) is 0 Å². The summed E-state index contributed by atoms with van der Waals surface area (Å²) >= 11 is 1.56. The summed E-state index contributed by atoms with van der Waals surface area (Å²) in [7, 11) is 0. The van der Waals surface area contributed by atoms with Gasteiger partial charge in [-0.2, -0.15) is 11.8 Å². The van der Waals surface area contributed by atoms with Gasteiger partial charge in [0.05, 0.1) is 6.10 Å². The third-order valence-electron chi connectivity index (χ3n) is 3.27. The van der Waals surface area contributed by atoms with Gasteiger partial charge in [-0.15, -0.1) is 0 Å². The predicted octanol–water partition coefficient (Wildman–Crippen LogP) is 0.917.